The molecule has 0 aliphatic carbocycles. The van der Waals surface area contributed by atoms with E-state index in [1.54, 1.807) is 12.1 Å². The van der Waals surface area contributed by atoms with E-state index in [9.17, 15) is 12.8 Å². The lowest BCUT2D eigenvalue weighted by molar-refractivity contribution is 0.593. The summed E-state index contributed by atoms with van der Waals surface area (Å²) in [6, 6.07) is 8.12. The molecule has 0 saturated carbocycles. The summed E-state index contributed by atoms with van der Waals surface area (Å²) in [5.41, 5.74) is 0.447. The zero-order valence-corrected chi connectivity index (χ0v) is 11.6. The minimum atomic E-state index is -3.49. The van der Waals surface area contributed by atoms with E-state index in [0.717, 1.165) is 16.6 Å². The van der Waals surface area contributed by atoms with Crippen LogP contribution in [0.15, 0.2) is 52.0 Å². The van der Waals surface area contributed by atoms with Crippen molar-refractivity contribution in [2.24, 2.45) is 0 Å². The maximum Gasteiger partial charge on any atom is 0.184 e. The molecule has 0 amide bonds. The molecule has 0 atom stereocenters. The summed E-state index contributed by atoms with van der Waals surface area (Å²) < 4.78 is 37.6. The third kappa shape index (κ3) is 3.14. The Morgan fingerprint density at radius 2 is 1.78 bits per heavy atom. The molecule has 94 valence electrons. The van der Waals surface area contributed by atoms with Crippen molar-refractivity contribution in [1.29, 1.82) is 0 Å². The standard InChI is InChI=1S/C12H9BrFNO2S/c13-9-1-4-11(15-7-9)8-18(16,17)12-5-2-10(14)3-6-12/h1-7H,8H2. The van der Waals surface area contributed by atoms with E-state index in [-0.39, 0.29) is 10.6 Å². The van der Waals surface area contributed by atoms with Crippen LogP contribution in [0.1, 0.15) is 5.69 Å². The zero-order chi connectivity index (χ0) is 13.2. The molecule has 3 nitrogen and oxygen atoms in total. The van der Waals surface area contributed by atoms with Gasteiger partial charge in [0, 0.05) is 10.7 Å². The number of aromatic nitrogens is 1. The molecule has 0 fully saturated rings. The van der Waals surface area contributed by atoms with Gasteiger partial charge < -0.3 is 0 Å². The van der Waals surface area contributed by atoms with Crippen LogP contribution in [-0.2, 0) is 15.6 Å². The maximum atomic E-state index is 12.7. The zero-order valence-electron chi connectivity index (χ0n) is 9.18. The summed E-state index contributed by atoms with van der Waals surface area (Å²) in [5, 5.41) is 0. The highest BCUT2D eigenvalue weighted by Crippen LogP contribution is 2.17. The van der Waals surface area contributed by atoms with Crippen molar-refractivity contribution in [3.8, 4) is 0 Å². The smallest absolute Gasteiger partial charge is 0.184 e. The average Bonchev–Trinajstić information content (AvgIpc) is 2.32. The molecular formula is C12H9BrFNO2S. The van der Waals surface area contributed by atoms with Gasteiger partial charge in [0.05, 0.1) is 16.3 Å². The minimum absolute atomic E-state index is 0.0913. The van der Waals surface area contributed by atoms with E-state index in [0.29, 0.717) is 5.69 Å². The van der Waals surface area contributed by atoms with Crippen LogP contribution in [-0.4, -0.2) is 13.4 Å². The Morgan fingerprint density at radius 1 is 1.11 bits per heavy atom. The van der Waals surface area contributed by atoms with Crippen LogP contribution in [0.2, 0.25) is 0 Å². The fourth-order valence-electron chi connectivity index (χ4n) is 1.41. The number of halogens is 2. The van der Waals surface area contributed by atoms with Gasteiger partial charge in [-0.25, -0.2) is 12.8 Å². The van der Waals surface area contributed by atoms with Gasteiger partial charge in [-0.1, -0.05) is 0 Å². The first-order chi connectivity index (χ1) is 8.47. The van der Waals surface area contributed by atoms with Gasteiger partial charge in [0.25, 0.3) is 0 Å². The van der Waals surface area contributed by atoms with Crippen LogP contribution in [0.25, 0.3) is 0 Å². The second-order valence-corrected chi connectivity index (χ2v) is 6.59. The molecule has 0 aliphatic heterocycles. The van der Waals surface area contributed by atoms with Gasteiger partial charge in [-0.15, -0.1) is 0 Å². The van der Waals surface area contributed by atoms with Crippen LogP contribution < -0.4 is 0 Å². The number of hydrogen-bond acceptors (Lipinski definition) is 3. The Labute approximate surface area is 113 Å². The van der Waals surface area contributed by atoms with E-state index in [4.69, 9.17) is 0 Å². The predicted molar refractivity (Wildman–Crippen MR) is 69.2 cm³/mol. The van der Waals surface area contributed by atoms with Gasteiger partial charge in [0.2, 0.25) is 0 Å². The molecule has 0 N–H and O–H groups in total. The van der Waals surface area contributed by atoms with E-state index in [2.05, 4.69) is 20.9 Å². The normalized spacial score (nSPS) is 11.4. The molecule has 1 aromatic carbocycles. The number of benzene rings is 1. The van der Waals surface area contributed by atoms with Crippen molar-refractivity contribution >= 4 is 25.8 Å². The monoisotopic (exact) mass is 329 g/mol. The fourth-order valence-corrected chi connectivity index (χ4v) is 2.92. The summed E-state index contributed by atoms with van der Waals surface area (Å²) in [6.07, 6.45) is 1.54. The lowest BCUT2D eigenvalue weighted by atomic mass is 10.3. The number of nitrogens with zero attached hydrogens (tertiary/aromatic N) is 1. The summed E-state index contributed by atoms with van der Waals surface area (Å²) in [7, 11) is -3.49. The Morgan fingerprint density at radius 3 is 2.33 bits per heavy atom. The van der Waals surface area contributed by atoms with Gasteiger partial charge in [-0.05, 0) is 52.3 Å². The molecule has 0 spiro atoms. The molecule has 18 heavy (non-hydrogen) atoms. The predicted octanol–water partition coefficient (Wildman–Crippen LogP) is 2.96. The molecular weight excluding hydrogens is 321 g/mol. The molecule has 2 rings (SSSR count). The minimum Gasteiger partial charge on any atom is -0.259 e. The first-order valence-corrected chi connectivity index (χ1v) is 7.51. The Hall–Kier alpha value is -1.27. The van der Waals surface area contributed by atoms with Crippen LogP contribution >= 0.6 is 15.9 Å². The van der Waals surface area contributed by atoms with Crippen LogP contribution in [0.4, 0.5) is 4.39 Å². The Bertz CT molecular complexity index is 639. The SMILES string of the molecule is O=S(=O)(Cc1ccc(Br)cn1)c1ccc(F)cc1. The molecule has 0 radical (unpaired) electrons. The van der Waals surface area contributed by atoms with Crippen molar-refractivity contribution in [3.05, 3.63) is 58.6 Å². The first-order valence-electron chi connectivity index (χ1n) is 5.06. The number of pyridine rings is 1. The quantitative estimate of drug-likeness (QED) is 0.813. The second-order valence-electron chi connectivity index (χ2n) is 3.68. The molecule has 2 aromatic rings. The maximum absolute atomic E-state index is 12.7. The summed E-state index contributed by atoms with van der Waals surface area (Å²) in [5.74, 6) is -0.665. The van der Waals surface area contributed by atoms with Gasteiger partial charge in [-0.2, -0.15) is 0 Å². The molecule has 1 heterocycles. The fraction of sp³-hybridized carbons (Fsp3) is 0.0833. The lowest BCUT2D eigenvalue weighted by Gasteiger charge is -2.04. The van der Waals surface area contributed by atoms with E-state index in [1.165, 1.54) is 18.3 Å². The third-order valence-electron chi connectivity index (χ3n) is 2.30. The van der Waals surface area contributed by atoms with Crippen molar-refractivity contribution in [1.82, 2.24) is 4.98 Å². The van der Waals surface area contributed by atoms with Crippen LogP contribution in [0, 0.1) is 5.82 Å². The summed E-state index contributed by atoms with van der Waals surface area (Å²) in [6.45, 7) is 0. The number of rotatable bonds is 3. The topological polar surface area (TPSA) is 47.0 Å². The molecule has 0 unspecified atom stereocenters. The number of hydrogen-bond donors (Lipinski definition) is 0. The van der Waals surface area contributed by atoms with Crippen molar-refractivity contribution in [2.75, 3.05) is 0 Å². The third-order valence-corrected chi connectivity index (χ3v) is 4.43. The van der Waals surface area contributed by atoms with Gasteiger partial charge in [0.1, 0.15) is 5.82 Å². The van der Waals surface area contributed by atoms with Gasteiger partial charge >= 0.3 is 0 Å². The van der Waals surface area contributed by atoms with E-state index >= 15 is 0 Å². The lowest BCUT2D eigenvalue weighted by Crippen LogP contribution is -2.06. The second kappa shape index (κ2) is 5.16. The van der Waals surface area contributed by atoms with Crippen molar-refractivity contribution < 1.29 is 12.8 Å². The molecule has 0 saturated heterocycles. The summed E-state index contributed by atoms with van der Waals surface area (Å²) >= 11 is 3.22. The van der Waals surface area contributed by atoms with Gasteiger partial charge in [0.15, 0.2) is 9.84 Å². The summed E-state index contributed by atoms with van der Waals surface area (Å²) in [4.78, 5) is 4.10. The highest BCUT2D eigenvalue weighted by Gasteiger charge is 2.16. The van der Waals surface area contributed by atoms with Crippen LogP contribution in [0.5, 0.6) is 0 Å². The Kier molecular flexibility index (Phi) is 3.77. The molecule has 6 heteroatoms. The van der Waals surface area contributed by atoms with Crippen molar-refractivity contribution in [2.45, 2.75) is 10.6 Å². The van der Waals surface area contributed by atoms with Crippen molar-refractivity contribution in [3.63, 3.8) is 0 Å². The van der Waals surface area contributed by atoms with E-state index < -0.39 is 15.7 Å². The van der Waals surface area contributed by atoms with E-state index in [1.807, 2.05) is 0 Å². The average molecular weight is 330 g/mol. The Balaban J connectivity index is 2.27. The first kappa shape index (κ1) is 13.2. The highest BCUT2D eigenvalue weighted by atomic mass is 79.9. The highest BCUT2D eigenvalue weighted by molar-refractivity contribution is 9.10. The largest absolute Gasteiger partial charge is 0.259 e. The molecule has 0 bridgehead atoms. The number of sulfone groups is 1. The molecule has 1 aromatic heterocycles. The molecule has 0 aliphatic rings. The van der Waals surface area contributed by atoms with Crippen LogP contribution in [0.3, 0.4) is 0 Å². The van der Waals surface area contributed by atoms with Gasteiger partial charge in [-0.3, -0.25) is 4.98 Å².